The zero-order valence-corrected chi connectivity index (χ0v) is 14.9. The van der Waals surface area contributed by atoms with Crippen molar-refractivity contribution in [2.24, 2.45) is 11.7 Å². The van der Waals surface area contributed by atoms with Crippen molar-refractivity contribution in [3.8, 4) is 0 Å². The molecule has 2 saturated heterocycles. The molecule has 0 spiro atoms. The van der Waals surface area contributed by atoms with Crippen molar-refractivity contribution in [2.75, 3.05) is 0 Å². The van der Waals surface area contributed by atoms with E-state index >= 15 is 0 Å². The topological polar surface area (TPSA) is 58.4 Å². The van der Waals surface area contributed by atoms with Crippen molar-refractivity contribution in [3.63, 3.8) is 0 Å². The molecule has 3 rings (SSSR count). The smallest absolute Gasteiger partial charge is 0.237 e. The molecule has 3 N–H and O–H groups in total. The first-order chi connectivity index (χ1) is 11.5. The predicted octanol–water partition coefficient (Wildman–Crippen LogP) is 2.67. The molecule has 2 unspecified atom stereocenters. The van der Waals surface area contributed by atoms with Crippen molar-refractivity contribution >= 4 is 5.91 Å². The Kier molecular flexibility index (Phi) is 5.57. The number of nitrogens with two attached hydrogens (primary N) is 1. The summed E-state index contributed by atoms with van der Waals surface area (Å²) >= 11 is 0. The summed E-state index contributed by atoms with van der Waals surface area (Å²) in [5, 5.41) is 3.22. The summed E-state index contributed by atoms with van der Waals surface area (Å²) in [4.78, 5) is 14.9. The van der Waals surface area contributed by atoms with Crippen LogP contribution in [0.4, 0.5) is 0 Å². The summed E-state index contributed by atoms with van der Waals surface area (Å²) in [6.45, 7) is 5.24. The van der Waals surface area contributed by atoms with Gasteiger partial charge in [0.2, 0.25) is 5.91 Å². The Bertz CT molecular complexity index is 531. The molecular formula is C20H31N3O. The van der Waals surface area contributed by atoms with E-state index in [0.717, 1.165) is 25.8 Å². The SMILES string of the molecule is CC(C)C[C@H](N)C(=O)NC1CC2CCC(C1)N2Cc1ccccc1. The van der Waals surface area contributed by atoms with E-state index in [1.165, 1.54) is 18.4 Å². The number of rotatable bonds is 6. The van der Waals surface area contributed by atoms with Gasteiger partial charge in [-0.15, -0.1) is 0 Å². The molecule has 2 aliphatic heterocycles. The first kappa shape index (κ1) is 17.4. The maximum absolute atomic E-state index is 12.3. The highest BCUT2D eigenvalue weighted by atomic mass is 16.2. The van der Waals surface area contributed by atoms with Crippen LogP contribution >= 0.6 is 0 Å². The number of hydrogen-bond donors (Lipinski definition) is 2. The highest BCUT2D eigenvalue weighted by Crippen LogP contribution is 2.36. The van der Waals surface area contributed by atoms with Crippen molar-refractivity contribution < 1.29 is 4.79 Å². The van der Waals surface area contributed by atoms with Crippen LogP contribution in [0.5, 0.6) is 0 Å². The lowest BCUT2D eigenvalue weighted by molar-refractivity contribution is -0.123. The van der Waals surface area contributed by atoms with Gasteiger partial charge in [-0.05, 0) is 43.6 Å². The third-order valence-electron chi connectivity index (χ3n) is 5.50. The highest BCUT2D eigenvalue weighted by Gasteiger charge is 2.41. The Morgan fingerprint density at radius 3 is 2.42 bits per heavy atom. The standard InChI is InChI=1S/C20H31N3O/c1-14(2)10-19(21)20(24)22-16-11-17-8-9-18(12-16)23(17)13-15-6-4-3-5-7-15/h3-7,14,16-19H,8-13,21H2,1-2H3,(H,22,24)/t16?,17?,18?,19-/m0/s1. The van der Waals surface area contributed by atoms with E-state index in [0.29, 0.717) is 24.0 Å². The third kappa shape index (κ3) is 4.17. The Balaban J connectivity index is 1.54. The summed E-state index contributed by atoms with van der Waals surface area (Å²) in [6.07, 6.45) is 5.38. The van der Waals surface area contributed by atoms with E-state index in [1.54, 1.807) is 0 Å². The van der Waals surface area contributed by atoms with Crippen LogP contribution in [0.1, 0.15) is 51.5 Å². The molecule has 0 saturated carbocycles. The maximum atomic E-state index is 12.3. The second kappa shape index (κ2) is 7.66. The zero-order chi connectivity index (χ0) is 17.1. The van der Waals surface area contributed by atoms with Crippen LogP contribution in [-0.2, 0) is 11.3 Å². The molecule has 2 fully saturated rings. The van der Waals surface area contributed by atoms with Crippen molar-refractivity contribution in [2.45, 2.75) is 76.7 Å². The van der Waals surface area contributed by atoms with Crippen molar-refractivity contribution in [1.82, 2.24) is 10.2 Å². The van der Waals surface area contributed by atoms with Gasteiger partial charge in [-0.25, -0.2) is 0 Å². The van der Waals surface area contributed by atoms with Gasteiger partial charge in [0, 0.05) is 24.7 Å². The summed E-state index contributed by atoms with van der Waals surface area (Å²) in [7, 11) is 0. The summed E-state index contributed by atoms with van der Waals surface area (Å²) in [6, 6.07) is 11.8. The summed E-state index contributed by atoms with van der Waals surface area (Å²) in [5.41, 5.74) is 7.41. The molecule has 2 bridgehead atoms. The molecule has 24 heavy (non-hydrogen) atoms. The fourth-order valence-corrected chi connectivity index (χ4v) is 4.37. The molecular weight excluding hydrogens is 298 g/mol. The largest absolute Gasteiger partial charge is 0.352 e. The van der Waals surface area contributed by atoms with Crippen LogP contribution in [0.2, 0.25) is 0 Å². The number of nitrogens with zero attached hydrogens (tertiary/aromatic N) is 1. The Labute approximate surface area is 145 Å². The van der Waals surface area contributed by atoms with Crippen molar-refractivity contribution in [3.05, 3.63) is 35.9 Å². The van der Waals surface area contributed by atoms with E-state index in [1.807, 2.05) is 0 Å². The second-order valence-corrected chi connectivity index (χ2v) is 7.96. The van der Waals surface area contributed by atoms with E-state index in [2.05, 4.69) is 54.4 Å². The molecule has 1 aromatic carbocycles. The number of benzene rings is 1. The quantitative estimate of drug-likeness (QED) is 0.843. The molecule has 1 amide bonds. The van der Waals surface area contributed by atoms with Crippen LogP contribution in [0, 0.1) is 5.92 Å². The van der Waals surface area contributed by atoms with Crippen LogP contribution in [0.25, 0.3) is 0 Å². The predicted molar refractivity (Wildman–Crippen MR) is 97.4 cm³/mol. The molecule has 0 radical (unpaired) electrons. The van der Waals surface area contributed by atoms with Crippen LogP contribution in [-0.4, -0.2) is 35.0 Å². The van der Waals surface area contributed by atoms with Gasteiger partial charge in [-0.3, -0.25) is 9.69 Å². The molecule has 1 aromatic rings. The number of carbonyl (C=O) groups excluding carboxylic acids is 1. The molecule has 132 valence electrons. The lowest BCUT2D eigenvalue weighted by Gasteiger charge is -2.39. The van der Waals surface area contributed by atoms with Crippen LogP contribution < -0.4 is 11.1 Å². The van der Waals surface area contributed by atoms with E-state index in [9.17, 15) is 4.79 Å². The Morgan fingerprint density at radius 2 is 1.83 bits per heavy atom. The lowest BCUT2D eigenvalue weighted by atomic mass is 9.95. The van der Waals surface area contributed by atoms with Gasteiger partial charge in [-0.1, -0.05) is 44.2 Å². The zero-order valence-electron chi connectivity index (χ0n) is 14.9. The number of carbonyl (C=O) groups is 1. The number of piperidine rings is 1. The van der Waals surface area contributed by atoms with Gasteiger partial charge in [0.05, 0.1) is 6.04 Å². The molecule has 4 heteroatoms. The number of fused-ring (bicyclic) bond motifs is 2. The van der Waals surface area contributed by atoms with Gasteiger partial charge in [0.25, 0.3) is 0 Å². The Hall–Kier alpha value is -1.39. The molecule has 0 aromatic heterocycles. The number of amides is 1. The maximum Gasteiger partial charge on any atom is 0.237 e. The van der Waals surface area contributed by atoms with Gasteiger partial charge in [-0.2, -0.15) is 0 Å². The molecule has 0 aliphatic carbocycles. The normalized spacial score (nSPS) is 28.1. The monoisotopic (exact) mass is 329 g/mol. The molecule has 3 atom stereocenters. The molecule has 2 aliphatic rings. The van der Waals surface area contributed by atoms with Gasteiger partial charge < -0.3 is 11.1 Å². The van der Waals surface area contributed by atoms with E-state index < -0.39 is 0 Å². The average Bonchev–Trinajstić information content (AvgIpc) is 2.78. The van der Waals surface area contributed by atoms with Gasteiger partial charge in [0.1, 0.15) is 0 Å². The Morgan fingerprint density at radius 1 is 1.21 bits per heavy atom. The van der Waals surface area contributed by atoms with Gasteiger partial charge in [0.15, 0.2) is 0 Å². The summed E-state index contributed by atoms with van der Waals surface area (Å²) in [5.74, 6) is 0.485. The van der Waals surface area contributed by atoms with Crippen LogP contribution in [0.3, 0.4) is 0 Å². The average molecular weight is 329 g/mol. The first-order valence-electron chi connectivity index (χ1n) is 9.38. The number of hydrogen-bond acceptors (Lipinski definition) is 3. The van der Waals surface area contributed by atoms with E-state index in [-0.39, 0.29) is 11.9 Å². The lowest BCUT2D eigenvalue weighted by Crippen LogP contribution is -2.53. The molecule has 2 heterocycles. The third-order valence-corrected chi connectivity index (χ3v) is 5.50. The second-order valence-electron chi connectivity index (χ2n) is 7.96. The fraction of sp³-hybridized carbons (Fsp3) is 0.650. The first-order valence-corrected chi connectivity index (χ1v) is 9.38. The minimum Gasteiger partial charge on any atom is -0.352 e. The fourth-order valence-electron chi connectivity index (χ4n) is 4.37. The van der Waals surface area contributed by atoms with Crippen molar-refractivity contribution in [1.29, 1.82) is 0 Å². The highest BCUT2D eigenvalue weighted by molar-refractivity contribution is 5.81. The number of nitrogens with one attached hydrogen (secondary N) is 1. The van der Waals surface area contributed by atoms with Crippen LogP contribution in [0.15, 0.2) is 30.3 Å². The summed E-state index contributed by atoms with van der Waals surface area (Å²) < 4.78 is 0. The molecule has 4 nitrogen and oxygen atoms in total. The van der Waals surface area contributed by atoms with E-state index in [4.69, 9.17) is 5.73 Å². The van der Waals surface area contributed by atoms with Gasteiger partial charge >= 0.3 is 0 Å². The minimum absolute atomic E-state index is 0.0320. The minimum atomic E-state index is -0.370.